The fraction of sp³-hybridized carbons (Fsp3) is 0.357. The summed E-state index contributed by atoms with van der Waals surface area (Å²) in [6.07, 6.45) is 1.22. The molecule has 0 bridgehead atoms. The Kier molecular flexibility index (Phi) is 3.18. The van der Waals surface area contributed by atoms with Crippen LogP contribution >= 0.6 is 0 Å². The van der Waals surface area contributed by atoms with E-state index in [1.807, 2.05) is 25.1 Å². The van der Waals surface area contributed by atoms with Crippen molar-refractivity contribution in [2.45, 2.75) is 26.7 Å². The van der Waals surface area contributed by atoms with Crippen LogP contribution in [-0.4, -0.2) is 13.1 Å². The van der Waals surface area contributed by atoms with E-state index in [4.69, 9.17) is 9.47 Å². The lowest BCUT2D eigenvalue weighted by atomic mass is 10.1. The molecule has 0 spiro atoms. The smallest absolute Gasteiger partial charge is 0.310 e. The largest absolute Gasteiger partial charge is 0.497 e. The summed E-state index contributed by atoms with van der Waals surface area (Å²) in [6.45, 7) is 3.78. The highest BCUT2D eigenvalue weighted by Gasteiger charge is 2.22. The molecule has 0 atom stereocenters. The van der Waals surface area contributed by atoms with Gasteiger partial charge in [-0.2, -0.15) is 0 Å². The summed E-state index contributed by atoms with van der Waals surface area (Å²) in [5.41, 5.74) is 3.25. The number of methoxy groups -OCH3 is 1. The Balaban J connectivity index is 2.36. The second-order valence-corrected chi connectivity index (χ2v) is 4.14. The SMILES string of the molecule is CCC(=O)OC1=C(C)Cc2ccc(OC)cc21. The predicted molar refractivity (Wildman–Crippen MR) is 65.7 cm³/mol. The van der Waals surface area contributed by atoms with E-state index >= 15 is 0 Å². The molecule has 0 N–H and O–H groups in total. The zero-order valence-corrected chi connectivity index (χ0v) is 10.4. The van der Waals surface area contributed by atoms with Crippen LogP contribution in [0.15, 0.2) is 23.8 Å². The van der Waals surface area contributed by atoms with E-state index in [9.17, 15) is 4.79 Å². The van der Waals surface area contributed by atoms with Crippen molar-refractivity contribution >= 4 is 11.7 Å². The second kappa shape index (κ2) is 4.62. The molecule has 0 amide bonds. The molecular weight excluding hydrogens is 216 g/mol. The lowest BCUT2D eigenvalue weighted by Crippen LogP contribution is -2.02. The normalized spacial score (nSPS) is 13.6. The number of carbonyl (C=O) groups is 1. The Morgan fingerprint density at radius 2 is 2.18 bits per heavy atom. The van der Waals surface area contributed by atoms with Crippen molar-refractivity contribution in [3.05, 3.63) is 34.9 Å². The molecule has 0 radical (unpaired) electrons. The first kappa shape index (κ1) is 11.7. The topological polar surface area (TPSA) is 35.5 Å². The van der Waals surface area contributed by atoms with E-state index in [0.717, 1.165) is 23.3 Å². The molecule has 0 fully saturated rings. The summed E-state index contributed by atoms with van der Waals surface area (Å²) < 4.78 is 10.6. The molecule has 1 aliphatic carbocycles. The summed E-state index contributed by atoms with van der Waals surface area (Å²) in [5, 5.41) is 0. The van der Waals surface area contributed by atoms with Gasteiger partial charge in [-0.15, -0.1) is 0 Å². The minimum atomic E-state index is -0.199. The van der Waals surface area contributed by atoms with Crippen LogP contribution in [0.1, 0.15) is 31.4 Å². The third-order valence-electron chi connectivity index (χ3n) is 2.91. The van der Waals surface area contributed by atoms with Gasteiger partial charge in [0.1, 0.15) is 11.5 Å². The van der Waals surface area contributed by atoms with Crippen LogP contribution in [-0.2, 0) is 16.0 Å². The minimum Gasteiger partial charge on any atom is -0.497 e. The Labute approximate surface area is 101 Å². The summed E-state index contributed by atoms with van der Waals surface area (Å²) in [6, 6.07) is 5.87. The standard InChI is InChI=1S/C14H16O3/c1-4-13(15)17-14-9(2)7-10-5-6-11(16-3)8-12(10)14/h5-6,8H,4,7H2,1-3H3. The lowest BCUT2D eigenvalue weighted by molar-refractivity contribution is -0.136. The average Bonchev–Trinajstić information content (AvgIpc) is 2.65. The molecule has 2 rings (SSSR count). The van der Waals surface area contributed by atoms with Gasteiger partial charge in [0.15, 0.2) is 0 Å². The molecule has 1 aromatic rings. The Hall–Kier alpha value is -1.77. The Bertz CT molecular complexity index is 486. The third kappa shape index (κ3) is 2.18. The number of hydrogen-bond donors (Lipinski definition) is 0. The van der Waals surface area contributed by atoms with E-state index in [1.165, 1.54) is 5.56 Å². The molecule has 3 nitrogen and oxygen atoms in total. The number of esters is 1. The number of rotatable bonds is 3. The predicted octanol–water partition coefficient (Wildman–Crippen LogP) is 2.94. The van der Waals surface area contributed by atoms with E-state index in [0.29, 0.717) is 12.2 Å². The van der Waals surface area contributed by atoms with Gasteiger partial charge in [0.05, 0.1) is 7.11 Å². The first-order chi connectivity index (χ1) is 8.15. The first-order valence-electron chi connectivity index (χ1n) is 5.73. The summed E-state index contributed by atoms with van der Waals surface area (Å²) in [7, 11) is 1.63. The molecular formula is C14H16O3. The summed E-state index contributed by atoms with van der Waals surface area (Å²) in [5.74, 6) is 1.28. The van der Waals surface area contributed by atoms with Gasteiger partial charge in [0.2, 0.25) is 0 Å². The van der Waals surface area contributed by atoms with Gasteiger partial charge in [-0.1, -0.05) is 13.0 Å². The maximum absolute atomic E-state index is 11.4. The van der Waals surface area contributed by atoms with Crippen LogP contribution in [0.25, 0.3) is 5.76 Å². The maximum atomic E-state index is 11.4. The van der Waals surface area contributed by atoms with Gasteiger partial charge in [0, 0.05) is 12.0 Å². The lowest BCUT2D eigenvalue weighted by Gasteiger charge is -2.08. The minimum absolute atomic E-state index is 0.199. The van der Waals surface area contributed by atoms with Crippen molar-refractivity contribution in [3.8, 4) is 5.75 Å². The quantitative estimate of drug-likeness (QED) is 0.752. The fourth-order valence-corrected chi connectivity index (χ4v) is 1.97. The summed E-state index contributed by atoms with van der Waals surface area (Å²) in [4.78, 5) is 11.4. The molecule has 0 aliphatic heterocycles. The maximum Gasteiger partial charge on any atom is 0.310 e. The van der Waals surface area contributed by atoms with Gasteiger partial charge in [-0.3, -0.25) is 4.79 Å². The Morgan fingerprint density at radius 3 is 2.82 bits per heavy atom. The van der Waals surface area contributed by atoms with E-state index in [2.05, 4.69) is 0 Å². The zero-order valence-electron chi connectivity index (χ0n) is 10.4. The van der Waals surface area contributed by atoms with Crippen LogP contribution in [0.3, 0.4) is 0 Å². The highest BCUT2D eigenvalue weighted by atomic mass is 16.5. The number of benzene rings is 1. The van der Waals surface area contributed by atoms with Crippen molar-refractivity contribution in [2.24, 2.45) is 0 Å². The highest BCUT2D eigenvalue weighted by Crippen LogP contribution is 2.35. The Morgan fingerprint density at radius 1 is 1.41 bits per heavy atom. The van der Waals surface area contributed by atoms with E-state index < -0.39 is 0 Å². The van der Waals surface area contributed by atoms with Gasteiger partial charge in [-0.25, -0.2) is 0 Å². The molecule has 0 unspecified atom stereocenters. The van der Waals surface area contributed by atoms with Crippen LogP contribution < -0.4 is 4.74 Å². The summed E-state index contributed by atoms with van der Waals surface area (Å²) >= 11 is 0. The van der Waals surface area contributed by atoms with Gasteiger partial charge in [0.25, 0.3) is 0 Å². The van der Waals surface area contributed by atoms with Crippen molar-refractivity contribution in [1.29, 1.82) is 0 Å². The van der Waals surface area contributed by atoms with Crippen molar-refractivity contribution in [3.63, 3.8) is 0 Å². The number of ether oxygens (including phenoxy) is 2. The fourth-order valence-electron chi connectivity index (χ4n) is 1.97. The van der Waals surface area contributed by atoms with Crippen molar-refractivity contribution < 1.29 is 14.3 Å². The molecule has 1 aliphatic rings. The third-order valence-corrected chi connectivity index (χ3v) is 2.91. The monoisotopic (exact) mass is 232 g/mol. The number of allylic oxidation sites excluding steroid dienone is 1. The second-order valence-electron chi connectivity index (χ2n) is 4.14. The number of hydrogen-bond acceptors (Lipinski definition) is 3. The number of fused-ring (bicyclic) bond motifs is 1. The van der Waals surface area contributed by atoms with Gasteiger partial charge >= 0.3 is 5.97 Å². The molecule has 0 saturated carbocycles. The van der Waals surface area contributed by atoms with Crippen molar-refractivity contribution in [2.75, 3.05) is 7.11 Å². The molecule has 90 valence electrons. The van der Waals surface area contributed by atoms with Crippen LogP contribution in [0, 0.1) is 0 Å². The number of carbonyl (C=O) groups excluding carboxylic acids is 1. The van der Waals surface area contributed by atoms with Crippen LogP contribution in [0.2, 0.25) is 0 Å². The molecule has 3 heteroatoms. The van der Waals surface area contributed by atoms with E-state index in [1.54, 1.807) is 14.0 Å². The molecule has 0 heterocycles. The molecule has 0 saturated heterocycles. The van der Waals surface area contributed by atoms with Gasteiger partial charge in [-0.05, 0) is 36.6 Å². The molecule has 17 heavy (non-hydrogen) atoms. The van der Waals surface area contributed by atoms with Crippen molar-refractivity contribution in [1.82, 2.24) is 0 Å². The van der Waals surface area contributed by atoms with E-state index in [-0.39, 0.29) is 5.97 Å². The van der Waals surface area contributed by atoms with Crippen LogP contribution in [0.5, 0.6) is 5.75 Å². The van der Waals surface area contributed by atoms with Crippen LogP contribution in [0.4, 0.5) is 0 Å². The first-order valence-corrected chi connectivity index (χ1v) is 5.73. The molecule has 1 aromatic carbocycles. The highest BCUT2D eigenvalue weighted by molar-refractivity contribution is 5.82. The molecule has 0 aromatic heterocycles. The zero-order chi connectivity index (χ0) is 12.4. The van der Waals surface area contributed by atoms with Gasteiger partial charge < -0.3 is 9.47 Å². The average molecular weight is 232 g/mol.